The molecule has 0 aromatic heterocycles. The van der Waals surface area contributed by atoms with Gasteiger partial charge < -0.3 is 5.11 Å². The summed E-state index contributed by atoms with van der Waals surface area (Å²) in [6.07, 6.45) is 4.71. The number of Topliss-reactive ketones (excluding diaryl/α,β-unsaturated/α-hetero) is 1. The van der Waals surface area contributed by atoms with Crippen molar-refractivity contribution in [3.63, 3.8) is 0 Å². The Kier molecular flexibility index (Phi) is 5.33. The lowest BCUT2D eigenvalue weighted by molar-refractivity contribution is 0.0976. The van der Waals surface area contributed by atoms with Crippen LogP contribution >= 0.6 is 11.6 Å². The van der Waals surface area contributed by atoms with Crippen LogP contribution in [-0.4, -0.2) is 10.9 Å². The van der Waals surface area contributed by atoms with Crippen molar-refractivity contribution < 1.29 is 9.90 Å². The molecule has 1 aromatic carbocycles. The summed E-state index contributed by atoms with van der Waals surface area (Å²) >= 11 is 5.78. The summed E-state index contributed by atoms with van der Waals surface area (Å²) in [5, 5.41) is 10.0. The van der Waals surface area contributed by atoms with Gasteiger partial charge in [0.15, 0.2) is 5.78 Å². The van der Waals surface area contributed by atoms with E-state index in [1.807, 2.05) is 0 Å². The quantitative estimate of drug-likeness (QED) is 0.598. The van der Waals surface area contributed by atoms with Crippen molar-refractivity contribution in [2.24, 2.45) is 0 Å². The first-order valence-corrected chi connectivity index (χ1v) is 6.04. The van der Waals surface area contributed by atoms with Gasteiger partial charge in [0, 0.05) is 11.4 Å². The van der Waals surface area contributed by atoms with E-state index < -0.39 is 0 Å². The van der Waals surface area contributed by atoms with Crippen LogP contribution in [-0.2, 0) is 0 Å². The molecule has 0 spiro atoms. The van der Waals surface area contributed by atoms with Gasteiger partial charge in [0.05, 0.1) is 5.56 Å². The zero-order valence-electron chi connectivity index (χ0n) is 9.50. The van der Waals surface area contributed by atoms with E-state index in [9.17, 15) is 9.90 Å². The first kappa shape index (κ1) is 13.0. The first-order chi connectivity index (χ1) is 7.65. The van der Waals surface area contributed by atoms with Gasteiger partial charge in [-0.15, -0.1) is 0 Å². The number of halogens is 1. The lowest BCUT2D eigenvalue weighted by Gasteiger charge is -2.04. The molecule has 0 radical (unpaired) electrons. The molecular weight excluding hydrogens is 224 g/mol. The van der Waals surface area contributed by atoms with Crippen molar-refractivity contribution in [2.75, 3.05) is 0 Å². The summed E-state index contributed by atoms with van der Waals surface area (Å²) < 4.78 is 0. The fourth-order valence-electron chi connectivity index (χ4n) is 1.58. The molecule has 1 aromatic rings. The highest BCUT2D eigenvalue weighted by Crippen LogP contribution is 2.23. The molecule has 16 heavy (non-hydrogen) atoms. The van der Waals surface area contributed by atoms with E-state index in [1.54, 1.807) is 6.07 Å². The van der Waals surface area contributed by atoms with Crippen molar-refractivity contribution in [3.8, 4) is 5.75 Å². The smallest absolute Gasteiger partial charge is 0.166 e. The van der Waals surface area contributed by atoms with Crippen molar-refractivity contribution in [1.82, 2.24) is 0 Å². The summed E-state index contributed by atoms with van der Waals surface area (Å²) in [5.74, 6) is -0.0130. The summed E-state index contributed by atoms with van der Waals surface area (Å²) in [6.45, 7) is 2.13. The molecule has 1 rings (SSSR count). The lowest BCUT2D eigenvalue weighted by Crippen LogP contribution is -1.99. The molecule has 2 nitrogen and oxygen atoms in total. The SMILES string of the molecule is CCCCCCC(=O)c1cc(Cl)ccc1O. The molecule has 1 N–H and O–H groups in total. The Morgan fingerprint density at radius 3 is 2.75 bits per heavy atom. The third kappa shape index (κ3) is 3.86. The van der Waals surface area contributed by atoms with Gasteiger partial charge in [0.1, 0.15) is 5.75 Å². The fourth-order valence-corrected chi connectivity index (χ4v) is 1.75. The Balaban J connectivity index is 2.55. The molecule has 0 saturated heterocycles. The number of aromatic hydroxyl groups is 1. The number of ketones is 1. The van der Waals surface area contributed by atoms with Crippen molar-refractivity contribution in [3.05, 3.63) is 28.8 Å². The number of carbonyl (C=O) groups is 1. The number of benzene rings is 1. The van der Waals surface area contributed by atoms with Crippen molar-refractivity contribution in [1.29, 1.82) is 0 Å². The van der Waals surface area contributed by atoms with E-state index in [0.29, 0.717) is 17.0 Å². The summed E-state index contributed by atoms with van der Waals surface area (Å²) in [7, 11) is 0. The van der Waals surface area contributed by atoms with Crippen LogP contribution < -0.4 is 0 Å². The number of hydrogen-bond donors (Lipinski definition) is 1. The monoisotopic (exact) mass is 240 g/mol. The topological polar surface area (TPSA) is 37.3 Å². The van der Waals surface area contributed by atoms with Gasteiger partial charge in [0.25, 0.3) is 0 Å². The molecular formula is C13H17ClO2. The molecule has 0 heterocycles. The second-order valence-electron chi connectivity index (χ2n) is 3.90. The molecule has 0 atom stereocenters. The predicted octanol–water partition coefficient (Wildman–Crippen LogP) is 4.20. The summed E-state index contributed by atoms with van der Waals surface area (Å²) in [6, 6.07) is 4.56. The minimum atomic E-state index is -0.0314. The third-order valence-electron chi connectivity index (χ3n) is 2.52. The highest BCUT2D eigenvalue weighted by Gasteiger charge is 2.10. The minimum absolute atomic E-state index is 0.0184. The van der Waals surface area contributed by atoms with E-state index >= 15 is 0 Å². The predicted molar refractivity (Wildman–Crippen MR) is 66.2 cm³/mol. The lowest BCUT2D eigenvalue weighted by atomic mass is 10.0. The van der Waals surface area contributed by atoms with E-state index in [0.717, 1.165) is 25.7 Å². The van der Waals surface area contributed by atoms with E-state index in [4.69, 9.17) is 11.6 Å². The number of carbonyl (C=O) groups excluding carboxylic acids is 1. The molecule has 0 fully saturated rings. The van der Waals surface area contributed by atoms with Crippen molar-refractivity contribution in [2.45, 2.75) is 39.0 Å². The second kappa shape index (κ2) is 6.54. The number of rotatable bonds is 6. The first-order valence-electron chi connectivity index (χ1n) is 5.67. The zero-order chi connectivity index (χ0) is 12.0. The summed E-state index contributed by atoms with van der Waals surface area (Å²) in [5.41, 5.74) is 0.337. The molecule has 0 unspecified atom stereocenters. The van der Waals surface area contributed by atoms with Gasteiger partial charge >= 0.3 is 0 Å². The Bertz CT molecular complexity index is 361. The van der Waals surface area contributed by atoms with Crippen LogP contribution in [0.4, 0.5) is 0 Å². The maximum Gasteiger partial charge on any atom is 0.166 e. The molecule has 0 amide bonds. The van der Waals surface area contributed by atoms with Crippen LogP contribution in [0.25, 0.3) is 0 Å². The fraction of sp³-hybridized carbons (Fsp3) is 0.462. The number of unbranched alkanes of at least 4 members (excludes halogenated alkanes) is 3. The molecule has 0 saturated carbocycles. The Morgan fingerprint density at radius 1 is 1.31 bits per heavy atom. The van der Waals surface area contributed by atoms with E-state index in [-0.39, 0.29) is 11.5 Å². The zero-order valence-corrected chi connectivity index (χ0v) is 10.3. The molecule has 0 aliphatic heterocycles. The number of hydrogen-bond acceptors (Lipinski definition) is 2. The molecule has 0 bridgehead atoms. The molecule has 0 aliphatic carbocycles. The normalized spacial score (nSPS) is 10.4. The minimum Gasteiger partial charge on any atom is -0.507 e. The Labute approximate surface area is 101 Å². The van der Waals surface area contributed by atoms with Gasteiger partial charge in [-0.1, -0.05) is 37.8 Å². The van der Waals surface area contributed by atoms with Gasteiger partial charge in [0.2, 0.25) is 0 Å². The van der Waals surface area contributed by atoms with Gasteiger partial charge in [-0.05, 0) is 24.6 Å². The van der Waals surface area contributed by atoms with Gasteiger partial charge in [-0.3, -0.25) is 4.79 Å². The largest absolute Gasteiger partial charge is 0.507 e. The number of phenols is 1. The Hall–Kier alpha value is -1.02. The Morgan fingerprint density at radius 2 is 2.06 bits per heavy atom. The van der Waals surface area contributed by atoms with Crippen LogP contribution in [0.3, 0.4) is 0 Å². The highest BCUT2D eigenvalue weighted by atomic mass is 35.5. The third-order valence-corrected chi connectivity index (χ3v) is 2.75. The van der Waals surface area contributed by atoms with Crippen molar-refractivity contribution >= 4 is 17.4 Å². The van der Waals surface area contributed by atoms with Crippen LogP contribution in [0.15, 0.2) is 18.2 Å². The van der Waals surface area contributed by atoms with Crippen LogP contribution in [0.1, 0.15) is 49.4 Å². The molecule has 3 heteroatoms. The highest BCUT2D eigenvalue weighted by molar-refractivity contribution is 6.31. The average molecular weight is 241 g/mol. The molecule has 0 aliphatic rings. The average Bonchev–Trinajstić information content (AvgIpc) is 2.27. The maximum atomic E-state index is 11.8. The van der Waals surface area contributed by atoms with E-state index in [2.05, 4.69) is 6.92 Å². The standard InChI is InChI=1S/C13H17ClO2/c1-2-3-4-5-6-12(15)11-9-10(14)7-8-13(11)16/h7-9,16H,2-6H2,1H3. The van der Waals surface area contributed by atoms with Crippen LogP contribution in [0.5, 0.6) is 5.75 Å². The van der Waals surface area contributed by atoms with Gasteiger partial charge in [-0.25, -0.2) is 0 Å². The van der Waals surface area contributed by atoms with Gasteiger partial charge in [-0.2, -0.15) is 0 Å². The van der Waals surface area contributed by atoms with E-state index in [1.165, 1.54) is 12.1 Å². The second-order valence-corrected chi connectivity index (χ2v) is 4.33. The number of phenolic OH excluding ortho intramolecular Hbond substituents is 1. The van der Waals surface area contributed by atoms with Crippen LogP contribution in [0, 0.1) is 0 Å². The maximum absolute atomic E-state index is 11.8. The van der Waals surface area contributed by atoms with Crippen LogP contribution in [0.2, 0.25) is 5.02 Å². The molecule has 88 valence electrons. The summed E-state index contributed by atoms with van der Waals surface area (Å²) in [4.78, 5) is 11.8.